The number of hydrogen-bond donors (Lipinski definition) is 0. The minimum atomic E-state index is 0.165. The maximum Gasteiger partial charge on any atom is 0.185 e. The van der Waals surface area contributed by atoms with Gasteiger partial charge < -0.3 is 0 Å². The molecule has 1 saturated carbocycles. The van der Waals surface area contributed by atoms with Crippen molar-refractivity contribution in [3.8, 4) is 0 Å². The first kappa shape index (κ1) is 17.4. The van der Waals surface area contributed by atoms with Crippen LogP contribution in [-0.2, 0) is 17.9 Å². The molecule has 0 amide bonds. The number of aromatic nitrogens is 4. The maximum absolute atomic E-state index is 12.9. The van der Waals surface area contributed by atoms with E-state index in [1.807, 2.05) is 33.9 Å². The highest BCUT2D eigenvalue weighted by Crippen LogP contribution is 2.29. The van der Waals surface area contributed by atoms with E-state index in [0.29, 0.717) is 0 Å². The van der Waals surface area contributed by atoms with Crippen molar-refractivity contribution in [1.82, 2.24) is 19.6 Å². The van der Waals surface area contributed by atoms with Gasteiger partial charge in [0.1, 0.15) is 0 Å². The van der Waals surface area contributed by atoms with E-state index in [-0.39, 0.29) is 5.78 Å². The van der Waals surface area contributed by atoms with Crippen molar-refractivity contribution in [2.24, 2.45) is 0 Å². The van der Waals surface area contributed by atoms with Crippen molar-refractivity contribution in [3.63, 3.8) is 0 Å². The zero-order valence-corrected chi connectivity index (χ0v) is 15.5. The predicted octanol–water partition coefficient (Wildman–Crippen LogP) is 3.96. The number of Topliss-reactive ketones (excluding diaryl/α,β-unsaturated/α-hetero) is 1. The lowest BCUT2D eigenvalue weighted by Gasteiger charge is -2.16. The summed E-state index contributed by atoms with van der Waals surface area (Å²) in [6.07, 6.45) is 10.4. The average Bonchev–Trinajstić information content (AvgIpc) is 3.14. The number of nitrogens with zero attached hydrogens (tertiary/aromatic N) is 4. The van der Waals surface area contributed by atoms with Crippen molar-refractivity contribution in [2.45, 2.75) is 60.0 Å². The summed E-state index contributed by atoms with van der Waals surface area (Å²) in [6.45, 7) is 9.93. The van der Waals surface area contributed by atoms with Gasteiger partial charge in [-0.2, -0.15) is 10.2 Å². The van der Waals surface area contributed by atoms with E-state index in [9.17, 15) is 4.79 Å². The Bertz CT molecular complexity index is 783. The van der Waals surface area contributed by atoms with Crippen LogP contribution in [0.25, 0.3) is 12.2 Å². The number of aryl methyl sites for hydroxylation is 2. The normalized spacial score (nSPS) is 18.5. The van der Waals surface area contributed by atoms with E-state index in [1.54, 1.807) is 0 Å². The predicted molar refractivity (Wildman–Crippen MR) is 100 cm³/mol. The molecule has 2 heterocycles. The standard InChI is InChI=1S/C20H26N4O/c1-5-23-14(3)18(12-21-23)10-16-8-7-9-17(20(16)25)11-19-13-22-24(6-2)15(19)4/h10-13H,5-9H2,1-4H3/b16-10+,17-11+. The summed E-state index contributed by atoms with van der Waals surface area (Å²) < 4.78 is 3.91. The lowest BCUT2D eigenvalue weighted by Crippen LogP contribution is -2.12. The molecule has 0 bridgehead atoms. The summed E-state index contributed by atoms with van der Waals surface area (Å²) in [5.41, 5.74) is 6.08. The van der Waals surface area contributed by atoms with Crippen LogP contribution in [0, 0.1) is 13.8 Å². The highest BCUT2D eigenvalue weighted by atomic mass is 16.1. The van der Waals surface area contributed by atoms with Crippen LogP contribution in [-0.4, -0.2) is 25.3 Å². The zero-order valence-electron chi connectivity index (χ0n) is 15.5. The molecule has 5 nitrogen and oxygen atoms in total. The van der Waals surface area contributed by atoms with Crippen LogP contribution in [0.1, 0.15) is 55.6 Å². The molecule has 132 valence electrons. The van der Waals surface area contributed by atoms with E-state index < -0.39 is 0 Å². The van der Waals surface area contributed by atoms with Gasteiger partial charge in [-0.1, -0.05) is 0 Å². The summed E-state index contributed by atoms with van der Waals surface area (Å²) in [6, 6.07) is 0. The molecule has 0 unspecified atom stereocenters. The Hall–Kier alpha value is -2.43. The molecule has 3 rings (SSSR count). The third kappa shape index (κ3) is 3.36. The molecule has 2 aromatic heterocycles. The van der Waals surface area contributed by atoms with Crippen LogP contribution in [0.15, 0.2) is 23.5 Å². The first-order valence-corrected chi connectivity index (χ1v) is 9.05. The molecular formula is C20H26N4O. The fraction of sp³-hybridized carbons (Fsp3) is 0.450. The van der Waals surface area contributed by atoms with Crippen LogP contribution in [0.3, 0.4) is 0 Å². The summed E-state index contributed by atoms with van der Waals surface area (Å²) in [7, 11) is 0. The topological polar surface area (TPSA) is 52.7 Å². The molecule has 0 aromatic carbocycles. The molecule has 1 aliphatic rings. The van der Waals surface area contributed by atoms with Gasteiger partial charge in [-0.05, 0) is 59.1 Å². The summed E-state index contributed by atoms with van der Waals surface area (Å²) in [5.74, 6) is 0.165. The summed E-state index contributed by atoms with van der Waals surface area (Å²) in [4.78, 5) is 12.9. The molecule has 5 heteroatoms. The molecule has 0 atom stereocenters. The van der Waals surface area contributed by atoms with Gasteiger partial charge in [-0.3, -0.25) is 14.2 Å². The van der Waals surface area contributed by atoms with Crippen LogP contribution in [0.5, 0.6) is 0 Å². The minimum absolute atomic E-state index is 0.165. The van der Waals surface area contributed by atoms with Gasteiger partial charge in [0.15, 0.2) is 5.78 Å². The van der Waals surface area contributed by atoms with Crippen molar-refractivity contribution < 1.29 is 4.79 Å². The van der Waals surface area contributed by atoms with E-state index in [1.165, 1.54) is 0 Å². The largest absolute Gasteiger partial charge is 0.289 e. The number of rotatable bonds is 4. The Labute approximate surface area is 149 Å². The van der Waals surface area contributed by atoms with Crippen molar-refractivity contribution in [3.05, 3.63) is 46.1 Å². The highest BCUT2D eigenvalue weighted by molar-refractivity contribution is 6.14. The van der Waals surface area contributed by atoms with Crippen LogP contribution >= 0.6 is 0 Å². The smallest absolute Gasteiger partial charge is 0.185 e. The van der Waals surface area contributed by atoms with Gasteiger partial charge >= 0.3 is 0 Å². The fourth-order valence-electron chi connectivity index (χ4n) is 3.40. The van der Waals surface area contributed by atoms with Gasteiger partial charge in [0.05, 0.1) is 12.4 Å². The zero-order chi connectivity index (χ0) is 18.0. The van der Waals surface area contributed by atoms with E-state index >= 15 is 0 Å². The average molecular weight is 338 g/mol. The number of ketones is 1. The summed E-state index contributed by atoms with van der Waals surface area (Å²) >= 11 is 0. The molecule has 0 spiro atoms. The third-order valence-corrected chi connectivity index (χ3v) is 5.02. The van der Waals surface area contributed by atoms with E-state index in [0.717, 1.165) is 66.0 Å². The Morgan fingerprint density at radius 2 is 1.36 bits per heavy atom. The molecule has 2 aromatic rings. The van der Waals surface area contributed by atoms with Gasteiger partial charge in [0.2, 0.25) is 0 Å². The number of carbonyl (C=O) groups is 1. The lowest BCUT2D eigenvalue weighted by molar-refractivity contribution is -0.112. The first-order chi connectivity index (χ1) is 12.0. The van der Waals surface area contributed by atoms with E-state index in [2.05, 4.69) is 37.9 Å². The lowest BCUT2D eigenvalue weighted by atomic mass is 9.87. The van der Waals surface area contributed by atoms with Crippen molar-refractivity contribution >= 4 is 17.9 Å². The second-order valence-electron chi connectivity index (χ2n) is 6.52. The second kappa shape index (κ2) is 7.21. The Morgan fingerprint density at radius 3 is 1.72 bits per heavy atom. The Balaban J connectivity index is 1.90. The number of allylic oxidation sites excluding steroid dienone is 2. The molecule has 1 aliphatic carbocycles. The second-order valence-corrected chi connectivity index (χ2v) is 6.52. The molecule has 25 heavy (non-hydrogen) atoms. The van der Waals surface area contributed by atoms with Crippen LogP contribution in [0.4, 0.5) is 0 Å². The van der Waals surface area contributed by atoms with Crippen molar-refractivity contribution in [2.75, 3.05) is 0 Å². The Morgan fingerprint density at radius 1 is 0.920 bits per heavy atom. The number of hydrogen-bond acceptors (Lipinski definition) is 3. The quantitative estimate of drug-likeness (QED) is 0.793. The number of carbonyl (C=O) groups excluding carboxylic acids is 1. The van der Waals surface area contributed by atoms with Crippen molar-refractivity contribution in [1.29, 1.82) is 0 Å². The fourth-order valence-corrected chi connectivity index (χ4v) is 3.40. The minimum Gasteiger partial charge on any atom is -0.289 e. The van der Waals surface area contributed by atoms with Gasteiger partial charge in [-0.15, -0.1) is 0 Å². The van der Waals surface area contributed by atoms with Gasteiger partial charge in [-0.25, -0.2) is 0 Å². The SMILES string of the molecule is CCn1ncc(/C=C2\CCC/C(=C\c3cnn(CC)c3C)C2=O)c1C. The monoisotopic (exact) mass is 338 g/mol. The molecule has 1 fully saturated rings. The first-order valence-electron chi connectivity index (χ1n) is 9.05. The molecule has 0 saturated heterocycles. The third-order valence-electron chi connectivity index (χ3n) is 5.02. The van der Waals surface area contributed by atoms with Gasteiger partial charge in [0, 0.05) is 46.8 Å². The molecule has 0 N–H and O–H groups in total. The molecule has 0 radical (unpaired) electrons. The van der Waals surface area contributed by atoms with E-state index in [4.69, 9.17) is 0 Å². The molecular weight excluding hydrogens is 312 g/mol. The van der Waals surface area contributed by atoms with Crippen LogP contribution < -0.4 is 0 Å². The Kier molecular flexibility index (Phi) is 5.02. The maximum atomic E-state index is 12.9. The highest BCUT2D eigenvalue weighted by Gasteiger charge is 2.21. The molecule has 0 aliphatic heterocycles. The van der Waals surface area contributed by atoms with Crippen LogP contribution in [0.2, 0.25) is 0 Å². The summed E-state index contributed by atoms with van der Waals surface area (Å²) in [5, 5.41) is 8.74. The van der Waals surface area contributed by atoms with Gasteiger partial charge in [0.25, 0.3) is 0 Å².